The van der Waals surface area contributed by atoms with Crippen molar-refractivity contribution in [2.75, 3.05) is 0 Å². The Hall–Kier alpha value is -3.42. The SMILES string of the molecule is Cc1cc(O)n(CC(C)c2nc3c(C)c(Oc4ccccc4)nn3[nH]2)c1O. The van der Waals surface area contributed by atoms with Gasteiger partial charge in [-0.2, -0.15) is 4.63 Å². The molecule has 140 valence electrons. The molecule has 3 heterocycles. The van der Waals surface area contributed by atoms with Crippen molar-refractivity contribution < 1.29 is 14.9 Å². The molecule has 0 spiro atoms. The largest absolute Gasteiger partial charge is 0.494 e. The maximum absolute atomic E-state index is 10.1. The molecule has 1 aromatic carbocycles. The van der Waals surface area contributed by atoms with E-state index >= 15 is 0 Å². The van der Waals surface area contributed by atoms with E-state index in [0.717, 1.165) is 5.56 Å². The van der Waals surface area contributed by atoms with Gasteiger partial charge in [0.2, 0.25) is 5.88 Å². The standard InChI is InChI=1S/C19H21N5O3/c1-11-9-15(25)23(19(11)26)10-12(2)16-20-17-13(3)18(22-24(17)21-16)27-14-7-5-4-6-8-14/h4-9,12,25-26H,10H2,1-3H3,(H,20,21). The average Bonchev–Trinajstić information content (AvgIpc) is 3.26. The quantitative estimate of drug-likeness (QED) is 0.501. The molecule has 0 fully saturated rings. The van der Waals surface area contributed by atoms with Crippen LogP contribution < -0.4 is 4.74 Å². The monoisotopic (exact) mass is 367 g/mol. The first kappa shape index (κ1) is 17.0. The first-order valence-corrected chi connectivity index (χ1v) is 8.70. The molecule has 0 bridgehead atoms. The van der Waals surface area contributed by atoms with Crippen LogP contribution >= 0.6 is 0 Å². The number of para-hydroxylation sites is 1. The number of hydrogen-bond donors (Lipinski definition) is 3. The summed E-state index contributed by atoms with van der Waals surface area (Å²) in [4.78, 5) is 4.63. The summed E-state index contributed by atoms with van der Waals surface area (Å²) in [5.41, 5.74) is 2.14. The fourth-order valence-electron chi connectivity index (χ4n) is 3.04. The molecule has 8 heteroatoms. The number of aromatic hydroxyl groups is 2. The van der Waals surface area contributed by atoms with Crippen molar-refractivity contribution >= 4 is 5.65 Å². The van der Waals surface area contributed by atoms with Crippen LogP contribution in [0.5, 0.6) is 23.4 Å². The van der Waals surface area contributed by atoms with Crippen LogP contribution in [-0.2, 0) is 6.54 Å². The van der Waals surface area contributed by atoms with Crippen LogP contribution in [0.3, 0.4) is 0 Å². The van der Waals surface area contributed by atoms with Gasteiger partial charge in [-0.1, -0.05) is 25.1 Å². The topological polar surface area (TPSA) is 101 Å². The average molecular weight is 367 g/mol. The van der Waals surface area contributed by atoms with Crippen molar-refractivity contribution in [1.82, 2.24) is 24.4 Å². The number of benzene rings is 1. The van der Waals surface area contributed by atoms with Gasteiger partial charge in [-0.25, -0.2) is 4.98 Å². The number of nitrogens with zero attached hydrogens (tertiary/aromatic N) is 4. The van der Waals surface area contributed by atoms with Gasteiger partial charge in [0.15, 0.2) is 17.4 Å². The van der Waals surface area contributed by atoms with E-state index in [-0.39, 0.29) is 17.7 Å². The number of hydrogen-bond acceptors (Lipinski definition) is 5. The van der Waals surface area contributed by atoms with E-state index in [1.54, 1.807) is 11.6 Å². The van der Waals surface area contributed by atoms with Crippen LogP contribution in [0.2, 0.25) is 0 Å². The van der Waals surface area contributed by atoms with Gasteiger partial charge in [-0.3, -0.25) is 9.67 Å². The molecule has 0 aliphatic carbocycles. The molecule has 4 aromatic rings. The molecule has 8 nitrogen and oxygen atoms in total. The molecule has 27 heavy (non-hydrogen) atoms. The first-order chi connectivity index (χ1) is 12.9. The summed E-state index contributed by atoms with van der Waals surface area (Å²) in [6.07, 6.45) is 0. The van der Waals surface area contributed by atoms with Gasteiger partial charge in [0.25, 0.3) is 0 Å². The van der Waals surface area contributed by atoms with Gasteiger partial charge in [-0.15, -0.1) is 5.10 Å². The highest BCUT2D eigenvalue weighted by atomic mass is 16.5. The van der Waals surface area contributed by atoms with Gasteiger partial charge in [0, 0.05) is 24.1 Å². The summed E-state index contributed by atoms with van der Waals surface area (Å²) >= 11 is 0. The van der Waals surface area contributed by atoms with Gasteiger partial charge < -0.3 is 14.9 Å². The fourth-order valence-corrected chi connectivity index (χ4v) is 3.04. The third-order valence-corrected chi connectivity index (χ3v) is 4.61. The maximum Gasteiger partial charge on any atom is 0.245 e. The molecule has 0 aliphatic rings. The highest BCUT2D eigenvalue weighted by Crippen LogP contribution is 2.30. The summed E-state index contributed by atoms with van der Waals surface area (Å²) in [6.45, 7) is 6.00. The van der Waals surface area contributed by atoms with E-state index in [0.29, 0.717) is 35.2 Å². The third-order valence-electron chi connectivity index (χ3n) is 4.61. The Labute approximate surface area is 155 Å². The Morgan fingerprint density at radius 3 is 2.56 bits per heavy atom. The summed E-state index contributed by atoms with van der Waals surface area (Å²) in [5, 5.41) is 27.6. The van der Waals surface area contributed by atoms with Crippen molar-refractivity contribution in [3.63, 3.8) is 0 Å². The second kappa shape index (κ2) is 6.39. The molecule has 4 rings (SSSR count). The smallest absolute Gasteiger partial charge is 0.245 e. The third kappa shape index (κ3) is 2.99. The Morgan fingerprint density at radius 2 is 1.93 bits per heavy atom. The number of ether oxygens (including phenoxy) is 1. The number of aromatic nitrogens is 5. The van der Waals surface area contributed by atoms with Crippen molar-refractivity contribution in [3.8, 4) is 23.4 Å². The summed E-state index contributed by atoms with van der Waals surface area (Å²) in [7, 11) is 0. The number of rotatable bonds is 5. The van der Waals surface area contributed by atoms with Crippen LogP contribution in [0.15, 0.2) is 36.4 Å². The van der Waals surface area contributed by atoms with Gasteiger partial charge in [0.1, 0.15) is 11.6 Å². The molecule has 1 unspecified atom stereocenters. The van der Waals surface area contributed by atoms with E-state index in [1.807, 2.05) is 44.2 Å². The van der Waals surface area contributed by atoms with Crippen LogP contribution in [0.4, 0.5) is 0 Å². The number of aromatic amines is 1. The number of aryl methyl sites for hydroxylation is 2. The van der Waals surface area contributed by atoms with E-state index in [2.05, 4.69) is 15.2 Å². The zero-order chi connectivity index (χ0) is 19.1. The predicted octanol–water partition coefficient (Wildman–Crippen LogP) is 3.48. The zero-order valence-corrected chi connectivity index (χ0v) is 15.3. The Bertz CT molecular complexity index is 1090. The van der Waals surface area contributed by atoms with E-state index in [1.165, 1.54) is 10.6 Å². The number of nitrogens with one attached hydrogen (secondary N) is 1. The van der Waals surface area contributed by atoms with Crippen molar-refractivity contribution in [2.45, 2.75) is 33.2 Å². The van der Waals surface area contributed by atoms with Gasteiger partial charge in [0.05, 0.1) is 5.56 Å². The zero-order valence-electron chi connectivity index (χ0n) is 15.3. The molecule has 1 atom stereocenters. The minimum atomic E-state index is -0.0757. The van der Waals surface area contributed by atoms with E-state index < -0.39 is 0 Å². The summed E-state index contributed by atoms with van der Waals surface area (Å²) < 4.78 is 8.86. The second-order valence-electron chi connectivity index (χ2n) is 6.71. The Morgan fingerprint density at radius 1 is 1.19 bits per heavy atom. The maximum atomic E-state index is 10.1. The Balaban J connectivity index is 1.58. The Kier molecular flexibility index (Phi) is 4.02. The van der Waals surface area contributed by atoms with Gasteiger partial charge in [-0.05, 0) is 26.0 Å². The highest BCUT2D eigenvalue weighted by molar-refractivity contribution is 5.52. The number of H-pyrrole nitrogens is 1. The lowest BCUT2D eigenvalue weighted by Crippen LogP contribution is -2.07. The van der Waals surface area contributed by atoms with Crippen LogP contribution in [0, 0.1) is 13.8 Å². The lowest BCUT2D eigenvalue weighted by molar-refractivity contribution is 0.355. The minimum Gasteiger partial charge on any atom is -0.494 e. The molecular formula is C19H21N5O3. The minimum absolute atomic E-state index is 0.0305. The predicted molar refractivity (Wildman–Crippen MR) is 99.5 cm³/mol. The fraction of sp³-hybridized carbons (Fsp3) is 0.263. The van der Waals surface area contributed by atoms with E-state index in [4.69, 9.17) is 4.74 Å². The highest BCUT2D eigenvalue weighted by Gasteiger charge is 2.20. The lowest BCUT2D eigenvalue weighted by atomic mass is 10.1. The molecule has 3 aromatic heterocycles. The molecule has 0 saturated carbocycles. The molecule has 0 saturated heterocycles. The summed E-state index contributed by atoms with van der Waals surface area (Å²) in [5.74, 6) is 1.93. The van der Waals surface area contributed by atoms with Crippen molar-refractivity contribution in [3.05, 3.63) is 53.3 Å². The van der Waals surface area contributed by atoms with Gasteiger partial charge >= 0.3 is 0 Å². The van der Waals surface area contributed by atoms with Crippen molar-refractivity contribution in [1.29, 1.82) is 0 Å². The van der Waals surface area contributed by atoms with E-state index in [9.17, 15) is 10.2 Å². The molecular weight excluding hydrogens is 346 g/mol. The van der Waals surface area contributed by atoms with Crippen molar-refractivity contribution in [2.24, 2.45) is 0 Å². The molecule has 0 amide bonds. The number of fused-ring (bicyclic) bond motifs is 1. The van der Waals surface area contributed by atoms with Crippen LogP contribution in [0.1, 0.15) is 29.8 Å². The molecule has 0 radical (unpaired) electrons. The second-order valence-corrected chi connectivity index (χ2v) is 6.71. The van der Waals surface area contributed by atoms with Crippen LogP contribution in [-0.4, -0.2) is 34.6 Å². The normalized spacial score (nSPS) is 12.6. The molecule has 0 aliphatic heterocycles. The van der Waals surface area contributed by atoms with Crippen LogP contribution in [0.25, 0.3) is 5.65 Å². The lowest BCUT2D eigenvalue weighted by Gasteiger charge is -2.12. The molecule has 3 N–H and O–H groups in total. The first-order valence-electron chi connectivity index (χ1n) is 8.70. The summed E-state index contributed by atoms with van der Waals surface area (Å²) in [6, 6.07) is 11.0.